The highest BCUT2D eigenvalue weighted by atomic mass is 127. The molecule has 0 radical (unpaired) electrons. The van der Waals surface area contributed by atoms with Gasteiger partial charge in [0.05, 0.1) is 18.2 Å². The highest BCUT2D eigenvalue weighted by Gasteiger charge is 2.04. The molecule has 2 aromatic rings. The molecule has 0 fully saturated rings. The molecule has 0 spiro atoms. The molecular formula is C14H11ClIN3. The summed E-state index contributed by atoms with van der Waals surface area (Å²) < 4.78 is 1.03. The highest BCUT2D eigenvalue weighted by Crippen LogP contribution is 2.27. The number of nitrogen functional groups attached to an aromatic ring is 1. The first-order valence-electron chi connectivity index (χ1n) is 5.57. The maximum atomic E-state index is 8.76. The van der Waals surface area contributed by atoms with Gasteiger partial charge in [-0.25, -0.2) is 0 Å². The molecule has 3 nitrogen and oxygen atoms in total. The van der Waals surface area contributed by atoms with Gasteiger partial charge < -0.3 is 11.1 Å². The van der Waals surface area contributed by atoms with Gasteiger partial charge in [0.1, 0.15) is 0 Å². The molecule has 0 bridgehead atoms. The van der Waals surface area contributed by atoms with Crippen LogP contribution in [0.4, 0.5) is 17.1 Å². The largest absolute Gasteiger partial charge is 0.398 e. The minimum Gasteiger partial charge on any atom is -0.398 e. The average molecular weight is 384 g/mol. The molecule has 0 amide bonds. The van der Waals surface area contributed by atoms with E-state index in [-0.39, 0.29) is 0 Å². The molecule has 0 heterocycles. The van der Waals surface area contributed by atoms with Crippen LogP contribution in [0, 0.1) is 14.9 Å². The topological polar surface area (TPSA) is 61.8 Å². The predicted octanol–water partition coefficient (Wildman–Crippen LogP) is 4.34. The Bertz CT molecular complexity index is 650. The SMILES string of the molecule is N#CCc1cc(Nc2ccc(Cl)cc2I)ccc1N. The van der Waals surface area contributed by atoms with Crippen molar-refractivity contribution in [2.75, 3.05) is 11.1 Å². The summed E-state index contributed by atoms with van der Waals surface area (Å²) in [7, 11) is 0. The summed E-state index contributed by atoms with van der Waals surface area (Å²) in [6.45, 7) is 0. The Kier molecular flexibility index (Phi) is 4.51. The normalized spacial score (nSPS) is 9.95. The van der Waals surface area contributed by atoms with Gasteiger partial charge in [-0.3, -0.25) is 0 Å². The Labute approximate surface area is 130 Å². The van der Waals surface area contributed by atoms with E-state index in [1.54, 1.807) is 6.07 Å². The van der Waals surface area contributed by atoms with E-state index < -0.39 is 0 Å². The fourth-order valence-electron chi connectivity index (χ4n) is 1.67. The first kappa shape index (κ1) is 14.0. The maximum Gasteiger partial charge on any atom is 0.0670 e. The molecule has 3 N–H and O–H groups in total. The summed E-state index contributed by atoms with van der Waals surface area (Å²) in [4.78, 5) is 0. The van der Waals surface area contributed by atoms with Gasteiger partial charge in [0.15, 0.2) is 0 Å². The standard InChI is InChI=1S/C14H11ClIN3/c15-10-1-4-14(12(16)8-10)19-11-2-3-13(18)9(7-11)5-6-17/h1-4,7-8,19H,5,18H2. The van der Waals surface area contributed by atoms with Gasteiger partial charge in [-0.05, 0) is 64.6 Å². The van der Waals surface area contributed by atoms with Crippen LogP contribution < -0.4 is 11.1 Å². The van der Waals surface area contributed by atoms with Gasteiger partial charge in [0.25, 0.3) is 0 Å². The highest BCUT2D eigenvalue weighted by molar-refractivity contribution is 14.1. The van der Waals surface area contributed by atoms with Crippen LogP contribution in [0.15, 0.2) is 36.4 Å². The van der Waals surface area contributed by atoms with Crippen molar-refractivity contribution in [3.05, 3.63) is 50.6 Å². The van der Waals surface area contributed by atoms with Gasteiger partial charge in [0, 0.05) is 20.0 Å². The molecule has 2 aromatic carbocycles. The van der Waals surface area contributed by atoms with Crippen molar-refractivity contribution in [3.8, 4) is 6.07 Å². The Hall–Kier alpha value is -1.45. The van der Waals surface area contributed by atoms with E-state index in [2.05, 4.69) is 34.0 Å². The average Bonchev–Trinajstić information content (AvgIpc) is 2.37. The van der Waals surface area contributed by atoms with E-state index in [0.29, 0.717) is 17.1 Å². The molecule has 0 saturated heterocycles. The number of nitrogens with zero attached hydrogens (tertiary/aromatic N) is 1. The van der Waals surface area contributed by atoms with E-state index in [9.17, 15) is 0 Å². The summed E-state index contributed by atoms with van der Waals surface area (Å²) >= 11 is 8.14. The second-order valence-corrected chi connectivity index (χ2v) is 5.60. The van der Waals surface area contributed by atoms with Crippen LogP contribution in [0.5, 0.6) is 0 Å². The summed E-state index contributed by atoms with van der Waals surface area (Å²) in [5, 5.41) is 12.8. The summed E-state index contributed by atoms with van der Waals surface area (Å²) in [5.41, 5.74) is 9.16. The van der Waals surface area contributed by atoms with Crippen molar-refractivity contribution in [1.82, 2.24) is 0 Å². The molecule has 0 saturated carbocycles. The van der Waals surface area contributed by atoms with Crippen molar-refractivity contribution in [1.29, 1.82) is 5.26 Å². The van der Waals surface area contributed by atoms with Gasteiger partial charge in [-0.1, -0.05) is 11.6 Å². The molecule has 0 aliphatic heterocycles. The van der Waals surface area contributed by atoms with E-state index in [1.165, 1.54) is 0 Å². The quantitative estimate of drug-likeness (QED) is 0.612. The van der Waals surface area contributed by atoms with Crippen LogP contribution in [0.1, 0.15) is 5.56 Å². The van der Waals surface area contributed by atoms with Gasteiger partial charge in [0.2, 0.25) is 0 Å². The lowest BCUT2D eigenvalue weighted by molar-refractivity contribution is 1.27. The van der Waals surface area contributed by atoms with E-state index >= 15 is 0 Å². The van der Waals surface area contributed by atoms with Crippen LogP contribution in [0.25, 0.3) is 0 Å². The third kappa shape index (κ3) is 3.52. The van der Waals surface area contributed by atoms with Crippen molar-refractivity contribution in [3.63, 3.8) is 0 Å². The maximum absolute atomic E-state index is 8.76. The molecule has 0 aromatic heterocycles. The predicted molar refractivity (Wildman–Crippen MR) is 87.6 cm³/mol. The molecular weight excluding hydrogens is 373 g/mol. The van der Waals surface area contributed by atoms with Crippen LogP contribution in [-0.2, 0) is 6.42 Å². The lowest BCUT2D eigenvalue weighted by atomic mass is 10.1. The molecule has 0 atom stereocenters. The number of anilines is 3. The summed E-state index contributed by atoms with van der Waals surface area (Å²) in [6.07, 6.45) is 0.305. The van der Waals surface area contributed by atoms with Crippen molar-refractivity contribution >= 4 is 51.3 Å². The number of nitriles is 1. The molecule has 0 unspecified atom stereocenters. The van der Waals surface area contributed by atoms with Crippen molar-refractivity contribution in [2.45, 2.75) is 6.42 Å². The minimum atomic E-state index is 0.305. The molecule has 0 aliphatic carbocycles. The first-order chi connectivity index (χ1) is 9.10. The van der Waals surface area contributed by atoms with Gasteiger partial charge in [-0.15, -0.1) is 0 Å². The molecule has 0 aliphatic rings. The zero-order valence-corrected chi connectivity index (χ0v) is 12.9. The number of halogens is 2. The summed E-state index contributed by atoms with van der Waals surface area (Å²) in [6, 6.07) is 13.3. The zero-order chi connectivity index (χ0) is 13.8. The second kappa shape index (κ2) is 6.13. The third-order valence-electron chi connectivity index (χ3n) is 2.62. The third-order valence-corrected chi connectivity index (χ3v) is 3.75. The number of nitrogens with one attached hydrogen (secondary N) is 1. The minimum absolute atomic E-state index is 0.305. The van der Waals surface area contributed by atoms with E-state index in [0.717, 1.165) is 20.5 Å². The number of hydrogen-bond acceptors (Lipinski definition) is 3. The van der Waals surface area contributed by atoms with E-state index in [4.69, 9.17) is 22.6 Å². The van der Waals surface area contributed by atoms with Gasteiger partial charge in [-0.2, -0.15) is 5.26 Å². The number of hydrogen-bond donors (Lipinski definition) is 2. The summed E-state index contributed by atoms with van der Waals surface area (Å²) in [5.74, 6) is 0. The van der Waals surface area contributed by atoms with Crippen molar-refractivity contribution in [2.24, 2.45) is 0 Å². The smallest absolute Gasteiger partial charge is 0.0670 e. The zero-order valence-electron chi connectivity index (χ0n) is 9.95. The lowest BCUT2D eigenvalue weighted by Gasteiger charge is -2.11. The molecule has 5 heteroatoms. The second-order valence-electron chi connectivity index (χ2n) is 4.00. The Morgan fingerprint density at radius 1 is 1.26 bits per heavy atom. The van der Waals surface area contributed by atoms with Crippen LogP contribution in [0.2, 0.25) is 5.02 Å². The Balaban J connectivity index is 2.28. The van der Waals surface area contributed by atoms with Crippen LogP contribution in [0.3, 0.4) is 0 Å². The number of rotatable bonds is 3. The Morgan fingerprint density at radius 2 is 2.05 bits per heavy atom. The monoisotopic (exact) mass is 383 g/mol. The lowest BCUT2D eigenvalue weighted by Crippen LogP contribution is -1.97. The number of benzene rings is 2. The van der Waals surface area contributed by atoms with Crippen molar-refractivity contribution < 1.29 is 0 Å². The fraction of sp³-hybridized carbons (Fsp3) is 0.0714. The Morgan fingerprint density at radius 3 is 2.74 bits per heavy atom. The molecule has 2 rings (SSSR count). The fourth-order valence-corrected chi connectivity index (χ4v) is 2.67. The van der Waals surface area contributed by atoms with E-state index in [1.807, 2.05) is 30.3 Å². The molecule has 96 valence electrons. The van der Waals surface area contributed by atoms with Crippen LogP contribution in [-0.4, -0.2) is 0 Å². The molecule has 19 heavy (non-hydrogen) atoms. The van der Waals surface area contributed by atoms with Crippen LogP contribution >= 0.6 is 34.2 Å². The number of nitrogens with two attached hydrogens (primary N) is 1. The first-order valence-corrected chi connectivity index (χ1v) is 7.03. The van der Waals surface area contributed by atoms with Gasteiger partial charge >= 0.3 is 0 Å².